The number of thiazole rings is 1. The maximum atomic E-state index is 10.6. The number of aliphatic hydroxyl groups is 1. The van der Waals surface area contributed by atoms with E-state index in [2.05, 4.69) is 31.1 Å². The van der Waals surface area contributed by atoms with Crippen LogP contribution in [0.25, 0.3) is 0 Å². The molecule has 1 aromatic heterocycles. The largest absolute Gasteiger partial charge is 0.389 e. The van der Waals surface area contributed by atoms with E-state index in [9.17, 15) is 5.11 Å². The highest BCUT2D eigenvalue weighted by molar-refractivity contribution is 7.09. The maximum absolute atomic E-state index is 10.6. The van der Waals surface area contributed by atoms with Crippen molar-refractivity contribution >= 4 is 11.3 Å². The first-order chi connectivity index (χ1) is 8.28. The van der Waals surface area contributed by atoms with Crippen LogP contribution in [0.4, 0.5) is 0 Å². The zero-order valence-electron chi connectivity index (χ0n) is 11.7. The van der Waals surface area contributed by atoms with Crippen molar-refractivity contribution in [1.29, 1.82) is 0 Å². The molecule has 1 fully saturated rings. The van der Waals surface area contributed by atoms with E-state index in [1.165, 1.54) is 0 Å². The Morgan fingerprint density at radius 2 is 2.28 bits per heavy atom. The highest BCUT2D eigenvalue weighted by Gasteiger charge is 2.34. The Morgan fingerprint density at radius 1 is 1.56 bits per heavy atom. The molecule has 1 saturated heterocycles. The van der Waals surface area contributed by atoms with Crippen molar-refractivity contribution in [3.05, 3.63) is 16.1 Å². The fourth-order valence-corrected chi connectivity index (χ4v) is 3.48. The molecule has 0 amide bonds. The minimum Gasteiger partial charge on any atom is -0.389 e. The molecule has 2 atom stereocenters. The maximum Gasteiger partial charge on any atom is 0.0957 e. The van der Waals surface area contributed by atoms with Gasteiger partial charge in [-0.05, 0) is 6.92 Å². The van der Waals surface area contributed by atoms with Gasteiger partial charge in [-0.2, -0.15) is 0 Å². The highest BCUT2D eigenvalue weighted by Crippen LogP contribution is 2.31. The molecule has 2 rings (SSSR count). The lowest BCUT2D eigenvalue weighted by molar-refractivity contribution is -0.0961. The second kappa shape index (κ2) is 4.91. The lowest BCUT2D eigenvalue weighted by atomic mass is 9.88. The van der Waals surface area contributed by atoms with E-state index >= 15 is 0 Å². The van der Waals surface area contributed by atoms with E-state index < -0.39 is 5.60 Å². The molecule has 0 bridgehead atoms. The van der Waals surface area contributed by atoms with Gasteiger partial charge in [0.15, 0.2) is 0 Å². The Morgan fingerprint density at radius 3 is 2.83 bits per heavy atom. The number of hydrogen-bond acceptors (Lipinski definition) is 4. The number of rotatable bonds is 2. The van der Waals surface area contributed by atoms with Crippen LogP contribution in [-0.4, -0.2) is 28.4 Å². The Hall–Kier alpha value is -0.450. The second-order valence-corrected chi connectivity index (χ2v) is 7.36. The van der Waals surface area contributed by atoms with Gasteiger partial charge in [-0.25, -0.2) is 4.98 Å². The van der Waals surface area contributed by atoms with E-state index in [0.717, 1.165) is 10.7 Å². The molecule has 3 nitrogen and oxygen atoms in total. The summed E-state index contributed by atoms with van der Waals surface area (Å²) in [5, 5.41) is 13.7. The summed E-state index contributed by atoms with van der Waals surface area (Å²) in [6.45, 7) is 9.16. The molecular weight excluding hydrogens is 246 g/mol. The SMILES string of the molecule is CC1CC(O)(Cc2nc(C(C)(C)C)cs2)CCO1. The van der Waals surface area contributed by atoms with Crippen molar-refractivity contribution in [2.24, 2.45) is 0 Å². The van der Waals surface area contributed by atoms with Crippen molar-refractivity contribution in [2.75, 3.05) is 6.61 Å². The summed E-state index contributed by atoms with van der Waals surface area (Å²) in [5.74, 6) is 0. The van der Waals surface area contributed by atoms with E-state index in [-0.39, 0.29) is 11.5 Å². The van der Waals surface area contributed by atoms with E-state index in [0.29, 0.717) is 25.9 Å². The van der Waals surface area contributed by atoms with Gasteiger partial charge in [-0.15, -0.1) is 11.3 Å². The Bertz CT molecular complexity index is 410. The van der Waals surface area contributed by atoms with Crippen LogP contribution in [0.2, 0.25) is 0 Å². The summed E-state index contributed by atoms with van der Waals surface area (Å²) in [6, 6.07) is 0. The average molecular weight is 269 g/mol. The third-order valence-electron chi connectivity index (χ3n) is 3.44. The topological polar surface area (TPSA) is 42.4 Å². The molecule has 1 N–H and O–H groups in total. The van der Waals surface area contributed by atoms with E-state index in [4.69, 9.17) is 4.74 Å². The van der Waals surface area contributed by atoms with Gasteiger partial charge in [0.05, 0.1) is 22.4 Å². The van der Waals surface area contributed by atoms with Crippen molar-refractivity contribution in [3.63, 3.8) is 0 Å². The predicted molar refractivity (Wildman–Crippen MR) is 74.1 cm³/mol. The van der Waals surface area contributed by atoms with Crippen molar-refractivity contribution in [2.45, 2.75) is 64.1 Å². The summed E-state index contributed by atoms with van der Waals surface area (Å²) in [4.78, 5) is 4.66. The molecule has 18 heavy (non-hydrogen) atoms. The van der Waals surface area contributed by atoms with Crippen molar-refractivity contribution < 1.29 is 9.84 Å². The van der Waals surface area contributed by atoms with Crippen LogP contribution in [0.5, 0.6) is 0 Å². The van der Waals surface area contributed by atoms with Gasteiger partial charge in [0, 0.05) is 36.7 Å². The third-order valence-corrected chi connectivity index (χ3v) is 4.29. The third kappa shape index (κ3) is 3.31. The first kappa shape index (κ1) is 14.0. The monoisotopic (exact) mass is 269 g/mol. The molecular formula is C14H23NO2S. The van der Waals surface area contributed by atoms with Crippen LogP contribution < -0.4 is 0 Å². The molecule has 0 saturated carbocycles. The Labute approximate surface area is 113 Å². The zero-order valence-corrected chi connectivity index (χ0v) is 12.5. The molecule has 2 unspecified atom stereocenters. The van der Waals surface area contributed by atoms with E-state index in [1.54, 1.807) is 11.3 Å². The van der Waals surface area contributed by atoms with Gasteiger partial charge in [-0.1, -0.05) is 20.8 Å². The summed E-state index contributed by atoms with van der Waals surface area (Å²) >= 11 is 1.66. The average Bonchev–Trinajstić information content (AvgIpc) is 2.64. The lowest BCUT2D eigenvalue weighted by Crippen LogP contribution is -2.41. The van der Waals surface area contributed by atoms with Crippen molar-refractivity contribution in [3.8, 4) is 0 Å². The fraction of sp³-hybridized carbons (Fsp3) is 0.786. The summed E-state index contributed by atoms with van der Waals surface area (Å²) in [7, 11) is 0. The van der Waals surface area contributed by atoms with Crippen LogP contribution in [-0.2, 0) is 16.6 Å². The summed E-state index contributed by atoms with van der Waals surface area (Å²) in [5.41, 5.74) is 0.566. The number of nitrogens with zero attached hydrogens (tertiary/aromatic N) is 1. The summed E-state index contributed by atoms with van der Waals surface area (Å²) in [6.07, 6.45) is 2.21. The minimum atomic E-state index is -0.634. The Balaban J connectivity index is 2.07. The lowest BCUT2D eigenvalue weighted by Gasteiger charge is -2.35. The first-order valence-corrected chi connectivity index (χ1v) is 7.45. The minimum absolute atomic E-state index is 0.0837. The van der Waals surface area contributed by atoms with Crippen LogP contribution in [0.1, 0.15) is 51.2 Å². The molecule has 102 valence electrons. The Kier molecular flexibility index (Phi) is 3.81. The molecule has 2 heterocycles. The second-order valence-electron chi connectivity index (χ2n) is 6.41. The quantitative estimate of drug-likeness (QED) is 0.897. The zero-order chi connectivity index (χ0) is 13.4. The molecule has 0 radical (unpaired) electrons. The highest BCUT2D eigenvalue weighted by atomic mass is 32.1. The van der Waals surface area contributed by atoms with Gasteiger partial charge in [0.1, 0.15) is 0 Å². The molecule has 1 aromatic rings. The number of aromatic nitrogens is 1. The predicted octanol–water partition coefficient (Wildman–Crippen LogP) is 2.91. The first-order valence-electron chi connectivity index (χ1n) is 6.57. The molecule has 0 aliphatic carbocycles. The van der Waals surface area contributed by atoms with Crippen LogP contribution in [0, 0.1) is 0 Å². The van der Waals surface area contributed by atoms with Gasteiger partial charge in [0.2, 0.25) is 0 Å². The number of hydrogen-bond donors (Lipinski definition) is 1. The van der Waals surface area contributed by atoms with Crippen LogP contribution in [0.15, 0.2) is 5.38 Å². The van der Waals surface area contributed by atoms with Crippen LogP contribution in [0.3, 0.4) is 0 Å². The fourth-order valence-electron chi connectivity index (χ4n) is 2.32. The van der Waals surface area contributed by atoms with Gasteiger partial charge in [-0.3, -0.25) is 0 Å². The smallest absolute Gasteiger partial charge is 0.0957 e. The van der Waals surface area contributed by atoms with E-state index in [1.807, 2.05) is 6.92 Å². The standard InChI is InChI=1S/C14H23NO2S/c1-10-7-14(16,5-6-17-10)8-12-15-11(9-18-12)13(2,3)4/h9-10,16H,5-8H2,1-4H3. The molecule has 1 aliphatic heterocycles. The molecule has 0 aromatic carbocycles. The van der Waals surface area contributed by atoms with Crippen LogP contribution >= 0.6 is 11.3 Å². The number of ether oxygens (including phenoxy) is 1. The molecule has 4 heteroatoms. The normalized spacial score (nSPS) is 29.5. The molecule has 0 spiro atoms. The van der Waals surface area contributed by atoms with Gasteiger partial charge < -0.3 is 9.84 Å². The van der Waals surface area contributed by atoms with Gasteiger partial charge in [0.25, 0.3) is 0 Å². The van der Waals surface area contributed by atoms with Crippen molar-refractivity contribution in [1.82, 2.24) is 4.98 Å². The van der Waals surface area contributed by atoms with Gasteiger partial charge >= 0.3 is 0 Å². The summed E-state index contributed by atoms with van der Waals surface area (Å²) < 4.78 is 5.49. The molecule has 1 aliphatic rings.